The van der Waals surface area contributed by atoms with Crippen LogP contribution in [-0.4, -0.2) is 45.1 Å². The fourth-order valence-electron chi connectivity index (χ4n) is 10.0. The molecule has 2 saturated heterocycles. The van der Waals surface area contributed by atoms with E-state index in [1.165, 1.54) is 5.56 Å². The molecule has 1 aromatic rings. The van der Waals surface area contributed by atoms with E-state index in [1.807, 2.05) is 0 Å². The van der Waals surface area contributed by atoms with Gasteiger partial charge in [-0.05, 0) is 32.0 Å². The molecule has 6 heteroatoms. The summed E-state index contributed by atoms with van der Waals surface area (Å²) in [5.41, 5.74) is 3.95. The third-order valence-electron chi connectivity index (χ3n) is 10.0. The van der Waals surface area contributed by atoms with Gasteiger partial charge in [0.2, 0.25) is 0 Å². The highest BCUT2D eigenvalue weighted by Crippen LogP contribution is 2.86. The average Bonchev–Trinajstić information content (AvgIpc) is 3.08. The SMILES string of the molecule is C[Si](C)(C)C1([Si](C)(C)C)CCC([Si](C)(C)C)([Si](C)(C)C)[Si]12C1c3ccccc3C=CN12. The summed E-state index contributed by atoms with van der Waals surface area (Å²) in [5, 5.41) is 0. The van der Waals surface area contributed by atoms with Gasteiger partial charge in [-0.2, -0.15) is 0 Å². The van der Waals surface area contributed by atoms with Crippen molar-refractivity contribution >= 4 is 46.6 Å². The monoisotopic (exact) mass is 501 g/mol. The van der Waals surface area contributed by atoms with Gasteiger partial charge < -0.3 is 4.57 Å². The van der Waals surface area contributed by atoms with Gasteiger partial charge in [0.05, 0.1) is 5.67 Å². The first-order chi connectivity index (χ1) is 13.9. The summed E-state index contributed by atoms with van der Waals surface area (Å²) < 4.78 is 4.44. The molecule has 0 bridgehead atoms. The van der Waals surface area contributed by atoms with E-state index in [4.69, 9.17) is 0 Å². The number of benzene rings is 1. The Balaban J connectivity index is 2.16. The Morgan fingerprint density at radius 2 is 1.13 bits per heavy atom. The van der Waals surface area contributed by atoms with Crippen LogP contribution in [0.2, 0.25) is 87.1 Å². The lowest BCUT2D eigenvalue weighted by Crippen LogP contribution is -2.72. The third-order valence-corrected chi connectivity index (χ3v) is 49.3. The van der Waals surface area contributed by atoms with Gasteiger partial charge in [-0.1, -0.05) is 116 Å². The Morgan fingerprint density at radius 3 is 1.55 bits per heavy atom. The Morgan fingerprint density at radius 1 is 0.710 bits per heavy atom. The second-order valence-corrected chi connectivity index (χ2v) is 43.5. The van der Waals surface area contributed by atoms with Crippen molar-refractivity contribution in [1.29, 1.82) is 0 Å². The number of nitrogens with zero attached hydrogens (tertiary/aromatic N) is 1. The highest BCUT2D eigenvalue weighted by atomic mass is 28.5. The largest absolute Gasteiger partial charge is 0.395 e. The van der Waals surface area contributed by atoms with Crippen LogP contribution in [0.5, 0.6) is 0 Å². The van der Waals surface area contributed by atoms with E-state index in [-0.39, 0.29) is 0 Å². The smallest absolute Gasteiger partial charge is 0.184 e. The fourth-order valence-corrected chi connectivity index (χ4v) is 62.9. The molecule has 3 aliphatic heterocycles. The first-order valence-electron chi connectivity index (χ1n) is 12.5. The molecule has 0 aliphatic carbocycles. The number of rotatable bonds is 4. The maximum absolute atomic E-state index is 3.11. The summed E-state index contributed by atoms with van der Waals surface area (Å²) >= 11 is 0. The zero-order valence-electron chi connectivity index (χ0n) is 22.4. The van der Waals surface area contributed by atoms with Gasteiger partial charge in [-0.25, -0.2) is 0 Å². The maximum Gasteiger partial charge on any atom is 0.184 e. The Hall–Kier alpha value is -0.156. The molecule has 0 aromatic heterocycles. The van der Waals surface area contributed by atoms with Crippen molar-refractivity contribution < 1.29 is 0 Å². The first-order valence-corrected chi connectivity index (χ1v) is 28.5. The van der Waals surface area contributed by atoms with Crippen LogP contribution < -0.4 is 0 Å². The van der Waals surface area contributed by atoms with Crippen molar-refractivity contribution in [3.63, 3.8) is 0 Å². The van der Waals surface area contributed by atoms with Gasteiger partial charge in [0.15, 0.2) is 8.24 Å². The van der Waals surface area contributed by atoms with Crippen molar-refractivity contribution in [3.8, 4) is 0 Å². The van der Waals surface area contributed by atoms with E-state index >= 15 is 0 Å². The minimum absolute atomic E-state index is 0.667. The summed E-state index contributed by atoms with van der Waals surface area (Å²) in [5.74, 6) is 0. The van der Waals surface area contributed by atoms with Gasteiger partial charge >= 0.3 is 0 Å². The Labute approximate surface area is 197 Å². The molecule has 1 nitrogen and oxygen atoms in total. The Kier molecular flexibility index (Phi) is 5.02. The lowest BCUT2D eigenvalue weighted by atomic mass is 10.1. The molecule has 1 atom stereocenters. The lowest BCUT2D eigenvalue weighted by Gasteiger charge is -2.61. The number of fused-ring (bicyclic) bond motifs is 5. The number of hydrogen-bond donors (Lipinski definition) is 0. The van der Waals surface area contributed by atoms with Crippen LogP contribution in [0.1, 0.15) is 29.6 Å². The van der Waals surface area contributed by atoms with E-state index in [1.54, 1.807) is 18.4 Å². The van der Waals surface area contributed by atoms with Crippen molar-refractivity contribution in [1.82, 2.24) is 4.57 Å². The van der Waals surface area contributed by atoms with E-state index in [0.717, 1.165) is 5.67 Å². The van der Waals surface area contributed by atoms with Crippen LogP contribution in [0.4, 0.5) is 0 Å². The van der Waals surface area contributed by atoms with Crippen LogP contribution in [0.15, 0.2) is 30.5 Å². The van der Waals surface area contributed by atoms with Crippen LogP contribution in [0.3, 0.4) is 0 Å². The molecule has 0 N–H and O–H groups in total. The molecule has 0 saturated carbocycles. The Bertz CT molecular complexity index is 855. The molecule has 2 fully saturated rings. The molecule has 3 aliphatic rings. The molecule has 0 radical (unpaired) electrons. The molecular formula is C25H47NSi5. The van der Waals surface area contributed by atoms with Crippen molar-refractivity contribution in [2.75, 3.05) is 0 Å². The molecule has 1 spiro atoms. The van der Waals surface area contributed by atoms with Gasteiger partial charge in [0.25, 0.3) is 0 Å². The molecule has 0 amide bonds. The molecule has 1 unspecified atom stereocenters. The van der Waals surface area contributed by atoms with Crippen LogP contribution in [0.25, 0.3) is 6.08 Å². The first kappa shape index (κ1) is 24.0. The zero-order chi connectivity index (χ0) is 23.5. The molecule has 172 valence electrons. The summed E-state index contributed by atoms with van der Waals surface area (Å²) in [4.78, 5) is 0. The van der Waals surface area contributed by atoms with Crippen LogP contribution in [0, 0.1) is 0 Å². The highest BCUT2D eigenvalue weighted by molar-refractivity contribution is 7.29. The molecule has 1 aromatic carbocycles. The maximum atomic E-state index is 3.11. The second kappa shape index (κ2) is 6.49. The zero-order valence-corrected chi connectivity index (χ0v) is 27.4. The molecular weight excluding hydrogens is 455 g/mol. The van der Waals surface area contributed by atoms with Crippen molar-refractivity contribution in [2.24, 2.45) is 0 Å². The molecule has 3 heterocycles. The quantitative estimate of drug-likeness (QED) is 0.296. The molecule has 31 heavy (non-hydrogen) atoms. The standard InChI is InChI=1S/C25H47NSi5/c1-27(2,3)24(28(4,5)6)18-19-25(29(7,8)9,30(10,11)12)31(24)23-22-16-14-13-15-21(22)17-20-26(23)31/h13-17,20,23H,18-19H2,1-12H3. The predicted molar refractivity (Wildman–Crippen MR) is 154 cm³/mol. The average molecular weight is 502 g/mol. The summed E-state index contributed by atoms with van der Waals surface area (Å²) in [7, 11) is -7.63. The third kappa shape index (κ3) is 2.57. The van der Waals surface area contributed by atoms with Gasteiger partial charge in [0.1, 0.15) is 0 Å². The normalized spacial score (nSPS) is 26.1. The summed E-state index contributed by atoms with van der Waals surface area (Å²) in [6.45, 7) is 33.2. The predicted octanol–water partition coefficient (Wildman–Crippen LogP) is 8.30. The highest BCUT2D eigenvalue weighted by Gasteiger charge is 2.92. The van der Waals surface area contributed by atoms with Crippen LogP contribution in [-0.2, 0) is 0 Å². The fraction of sp³-hybridized carbons (Fsp3) is 0.680. The molecule has 4 rings (SSSR count). The van der Waals surface area contributed by atoms with Crippen molar-refractivity contribution in [3.05, 3.63) is 41.6 Å². The van der Waals surface area contributed by atoms with E-state index in [9.17, 15) is 0 Å². The minimum atomic E-state index is -1.85. The van der Waals surface area contributed by atoms with Gasteiger partial charge in [-0.15, -0.1) is 0 Å². The summed E-state index contributed by atoms with van der Waals surface area (Å²) in [6.07, 6.45) is 8.18. The second-order valence-electron chi connectivity index (χ2n) is 14.8. The lowest BCUT2D eigenvalue weighted by molar-refractivity contribution is 0.708. The van der Waals surface area contributed by atoms with Crippen LogP contribution >= 0.6 is 0 Å². The van der Waals surface area contributed by atoms with E-state index < -0.39 is 40.5 Å². The summed E-state index contributed by atoms with van der Waals surface area (Å²) in [6, 6.07) is 9.46. The topological polar surface area (TPSA) is 3.01 Å². The van der Waals surface area contributed by atoms with Gasteiger partial charge in [0, 0.05) is 32.3 Å². The van der Waals surface area contributed by atoms with Crippen molar-refractivity contribution in [2.45, 2.75) is 106 Å². The van der Waals surface area contributed by atoms with Gasteiger partial charge in [-0.3, -0.25) is 0 Å². The van der Waals surface area contributed by atoms with E-state index in [0.29, 0.717) is 8.57 Å². The minimum Gasteiger partial charge on any atom is -0.395 e. The van der Waals surface area contributed by atoms with E-state index in [2.05, 4.69) is 120 Å². The number of hydrogen-bond acceptors (Lipinski definition) is 1.